The fourth-order valence-electron chi connectivity index (χ4n) is 4.65. The van der Waals surface area contributed by atoms with Crippen molar-refractivity contribution in [3.8, 4) is 17.3 Å². The molecule has 0 radical (unpaired) electrons. The molecule has 0 atom stereocenters. The number of nitrogens with zero attached hydrogens (tertiary/aromatic N) is 5. The molecule has 0 bridgehead atoms. The number of carbonyl (C=O) groups is 2. The van der Waals surface area contributed by atoms with E-state index in [4.69, 9.17) is 4.98 Å². The zero-order valence-corrected chi connectivity index (χ0v) is 20.9. The highest BCUT2D eigenvalue weighted by molar-refractivity contribution is 6.04. The predicted molar refractivity (Wildman–Crippen MR) is 144 cm³/mol. The zero-order chi connectivity index (χ0) is 26.1. The second-order valence-corrected chi connectivity index (χ2v) is 9.01. The SMILES string of the molecule is Cc1cccn2cc(-c3ccc(NC(=O)CCC(=O)C(C#N)=C4N(C)c5ccccc5N4C)cc3)nc12. The van der Waals surface area contributed by atoms with Gasteiger partial charge < -0.3 is 19.5 Å². The third-order valence-electron chi connectivity index (χ3n) is 6.58. The number of hydrogen-bond donors (Lipinski definition) is 1. The highest BCUT2D eigenvalue weighted by atomic mass is 16.2. The molecule has 0 aliphatic carbocycles. The molecule has 1 N–H and O–H groups in total. The third kappa shape index (κ3) is 4.43. The van der Waals surface area contributed by atoms with E-state index in [0.29, 0.717) is 11.5 Å². The third-order valence-corrected chi connectivity index (χ3v) is 6.58. The normalized spacial score (nSPS) is 12.4. The number of ketones is 1. The van der Waals surface area contributed by atoms with Crippen LogP contribution in [-0.4, -0.2) is 35.2 Å². The Morgan fingerprint density at radius 1 is 0.946 bits per heavy atom. The molecule has 3 heterocycles. The van der Waals surface area contributed by atoms with Crippen LogP contribution in [0.2, 0.25) is 0 Å². The summed E-state index contributed by atoms with van der Waals surface area (Å²) in [6.07, 6.45) is 3.85. The van der Waals surface area contributed by atoms with Crippen LogP contribution in [0.4, 0.5) is 17.1 Å². The number of allylic oxidation sites excluding steroid dienone is 1. The van der Waals surface area contributed by atoms with Crippen molar-refractivity contribution in [2.45, 2.75) is 19.8 Å². The van der Waals surface area contributed by atoms with Gasteiger partial charge in [-0.05, 0) is 42.8 Å². The van der Waals surface area contributed by atoms with Gasteiger partial charge in [-0.3, -0.25) is 9.59 Å². The summed E-state index contributed by atoms with van der Waals surface area (Å²) in [5, 5.41) is 12.6. The number of aromatic nitrogens is 2. The summed E-state index contributed by atoms with van der Waals surface area (Å²) in [6, 6.07) is 21.2. The number of anilines is 3. The van der Waals surface area contributed by atoms with Gasteiger partial charge in [0.1, 0.15) is 23.1 Å². The van der Waals surface area contributed by atoms with Crippen LogP contribution in [0.3, 0.4) is 0 Å². The number of benzene rings is 2. The number of pyridine rings is 1. The van der Waals surface area contributed by atoms with E-state index in [0.717, 1.165) is 33.8 Å². The van der Waals surface area contributed by atoms with Gasteiger partial charge in [-0.2, -0.15) is 5.26 Å². The number of para-hydroxylation sites is 2. The summed E-state index contributed by atoms with van der Waals surface area (Å²) in [7, 11) is 3.65. The van der Waals surface area contributed by atoms with Crippen LogP contribution >= 0.6 is 0 Å². The number of nitriles is 1. The molecule has 8 nitrogen and oxygen atoms in total. The minimum absolute atomic E-state index is 0.0227. The van der Waals surface area contributed by atoms with Crippen molar-refractivity contribution in [1.29, 1.82) is 5.26 Å². The minimum Gasteiger partial charge on any atom is -0.328 e. The van der Waals surface area contributed by atoms with Crippen molar-refractivity contribution in [2.75, 3.05) is 29.2 Å². The summed E-state index contributed by atoms with van der Waals surface area (Å²) in [5.74, 6) is -0.133. The fraction of sp³-hybridized carbons (Fsp3) is 0.172. The molecule has 184 valence electrons. The van der Waals surface area contributed by atoms with Crippen LogP contribution in [0, 0.1) is 18.3 Å². The van der Waals surface area contributed by atoms with Gasteiger partial charge in [0.15, 0.2) is 5.78 Å². The second kappa shape index (κ2) is 9.63. The first-order valence-electron chi connectivity index (χ1n) is 12.0. The van der Waals surface area contributed by atoms with Crippen LogP contribution < -0.4 is 15.1 Å². The number of nitrogens with one attached hydrogen (secondary N) is 1. The molecule has 0 unspecified atom stereocenters. The largest absolute Gasteiger partial charge is 0.328 e. The van der Waals surface area contributed by atoms with Crippen molar-refractivity contribution in [3.05, 3.63) is 90.0 Å². The Bertz CT molecular complexity index is 1560. The van der Waals surface area contributed by atoms with Crippen LogP contribution in [-0.2, 0) is 9.59 Å². The topological polar surface area (TPSA) is 93.7 Å². The summed E-state index contributed by atoms with van der Waals surface area (Å²) in [5.41, 5.74) is 6.29. The lowest BCUT2D eigenvalue weighted by Gasteiger charge is -2.19. The Hall–Kier alpha value is -4.90. The standard InChI is InChI=1S/C29H26N6O2/c1-19-7-6-16-35-18-23(32-28(19)35)20-10-12-21(13-11-20)31-27(37)15-14-26(36)22(17-30)29-33(2)24-8-4-5-9-25(24)34(29)3/h4-13,16,18H,14-15H2,1-3H3,(H,31,37). The average Bonchev–Trinajstić information content (AvgIpc) is 3.45. The maximum Gasteiger partial charge on any atom is 0.224 e. The molecule has 0 spiro atoms. The van der Waals surface area contributed by atoms with E-state index in [1.807, 2.05) is 108 Å². The average molecular weight is 491 g/mol. The van der Waals surface area contributed by atoms with E-state index >= 15 is 0 Å². The lowest BCUT2D eigenvalue weighted by atomic mass is 10.1. The van der Waals surface area contributed by atoms with Crippen molar-refractivity contribution >= 4 is 34.4 Å². The first-order valence-corrected chi connectivity index (χ1v) is 12.0. The Balaban J connectivity index is 1.23. The molecule has 4 aromatic rings. The second-order valence-electron chi connectivity index (χ2n) is 9.01. The maximum atomic E-state index is 12.9. The van der Waals surface area contributed by atoms with E-state index in [1.165, 1.54) is 0 Å². The highest BCUT2D eigenvalue weighted by Gasteiger charge is 2.31. The van der Waals surface area contributed by atoms with Crippen molar-refractivity contribution in [2.24, 2.45) is 0 Å². The molecule has 2 aromatic heterocycles. The van der Waals surface area contributed by atoms with E-state index in [-0.39, 0.29) is 30.1 Å². The van der Waals surface area contributed by atoms with Crippen LogP contribution in [0.25, 0.3) is 16.9 Å². The van der Waals surface area contributed by atoms with Crippen molar-refractivity contribution in [1.82, 2.24) is 9.38 Å². The number of carbonyl (C=O) groups excluding carboxylic acids is 2. The van der Waals surface area contributed by atoms with Crippen molar-refractivity contribution < 1.29 is 9.59 Å². The highest BCUT2D eigenvalue weighted by Crippen LogP contribution is 2.40. The molecular formula is C29H26N6O2. The number of Topliss-reactive ketones (excluding diaryl/α,β-unsaturated/α-hetero) is 1. The van der Waals surface area contributed by atoms with Gasteiger partial charge in [-0.15, -0.1) is 0 Å². The van der Waals surface area contributed by atoms with Crippen LogP contribution in [0.15, 0.2) is 84.5 Å². The molecule has 37 heavy (non-hydrogen) atoms. The van der Waals surface area contributed by atoms with E-state index in [2.05, 4.69) is 11.4 Å². The smallest absolute Gasteiger partial charge is 0.224 e. The van der Waals surface area contributed by atoms with Gasteiger partial charge in [0.25, 0.3) is 0 Å². The molecule has 0 fully saturated rings. The summed E-state index contributed by atoms with van der Waals surface area (Å²) >= 11 is 0. The Morgan fingerprint density at radius 2 is 1.62 bits per heavy atom. The molecular weight excluding hydrogens is 464 g/mol. The van der Waals surface area contributed by atoms with Gasteiger partial charge >= 0.3 is 0 Å². The lowest BCUT2D eigenvalue weighted by molar-refractivity contribution is -0.120. The quantitative estimate of drug-likeness (QED) is 0.305. The summed E-state index contributed by atoms with van der Waals surface area (Å²) in [4.78, 5) is 33.9. The number of aryl methyl sites for hydroxylation is 1. The Labute approximate surface area is 215 Å². The first kappa shape index (κ1) is 23.8. The van der Waals surface area contributed by atoms with E-state index in [1.54, 1.807) is 0 Å². The molecule has 8 heteroatoms. The predicted octanol–water partition coefficient (Wildman–Crippen LogP) is 4.92. The van der Waals surface area contributed by atoms with E-state index in [9.17, 15) is 14.9 Å². The van der Waals surface area contributed by atoms with Crippen LogP contribution in [0.5, 0.6) is 0 Å². The van der Waals surface area contributed by atoms with Crippen molar-refractivity contribution in [3.63, 3.8) is 0 Å². The lowest BCUT2D eigenvalue weighted by Crippen LogP contribution is -2.26. The minimum atomic E-state index is -0.364. The first-order chi connectivity index (χ1) is 17.9. The molecule has 1 aliphatic heterocycles. The number of rotatable bonds is 6. The number of fused-ring (bicyclic) bond motifs is 2. The van der Waals surface area contributed by atoms with Crippen LogP contribution in [0.1, 0.15) is 18.4 Å². The Morgan fingerprint density at radius 3 is 2.24 bits per heavy atom. The zero-order valence-electron chi connectivity index (χ0n) is 20.9. The number of hydrogen-bond acceptors (Lipinski definition) is 6. The maximum absolute atomic E-state index is 12.9. The molecule has 5 rings (SSSR count). The van der Waals surface area contributed by atoms with Gasteiger partial charge in [0.05, 0.1) is 17.1 Å². The van der Waals surface area contributed by atoms with Gasteiger partial charge in [-0.25, -0.2) is 4.98 Å². The summed E-state index contributed by atoms with van der Waals surface area (Å²) < 4.78 is 1.99. The molecule has 1 amide bonds. The molecule has 2 aromatic carbocycles. The fourth-order valence-corrected chi connectivity index (χ4v) is 4.65. The molecule has 0 saturated carbocycles. The van der Waals surface area contributed by atoms with Gasteiger partial charge in [-0.1, -0.05) is 30.3 Å². The summed E-state index contributed by atoms with van der Waals surface area (Å²) in [6.45, 7) is 2.02. The van der Waals surface area contributed by atoms with E-state index < -0.39 is 0 Å². The van der Waals surface area contributed by atoms with Gasteiger partial charge in [0.2, 0.25) is 5.91 Å². The Kier molecular flexibility index (Phi) is 6.20. The number of amides is 1. The number of imidazole rings is 1. The molecule has 1 aliphatic rings. The monoisotopic (exact) mass is 490 g/mol. The molecule has 0 saturated heterocycles. The van der Waals surface area contributed by atoms with Gasteiger partial charge in [0, 0.05) is 50.6 Å².